The van der Waals surface area contributed by atoms with Gasteiger partial charge in [0, 0.05) is 29.6 Å². The Labute approximate surface area is 266 Å². The fourth-order valence-corrected chi connectivity index (χ4v) is 5.95. The highest BCUT2D eigenvalue weighted by Gasteiger charge is 2.33. The van der Waals surface area contributed by atoms with E-state index in [1.807, 2.05) is 49.4 Å². The van der Waals surface area contributed by atoms with Crippen molar-refractivity contribution in [3.8, 4) is 0 Å². The molecule has 0 fully saturated rings. The van der Waals surface area contributed by atoms with Gasteiger partial charge in [-0.3, -0.25) is 13.9 Å². The van der Waals surface area contributed by atoms with Crippen LogP contribution in [0.2, 0.25) is 10.0 Å². The van der Waals surface area contributed by atoms with Crippen molar-refractivity contribution >= 4 is 50.7 Å². The van der Waals surface area contributed by atoms with Gasteiger partial charge in [0.2, 0.25) is 21.8 Å². The van der Waals surface area contributed by atoms with E-state index in [4.69, 9.17) is 23.2 Å². The van der Waals surface area contributed by atoms with Crippen LogP contribution in [0.25, 0.3) is 0 Å². The molecule has 0 aliphatic rings. The van der Waals surface area contributed by atoms with E-state index in [9.17, 15) is 18.0 Å². The first-order valence-electron chi connectivity index (χ1n) is 14.3. The van der Waals surface area contributed by atoms with Crippen LogP contribution in [0.4, 0.5) is 5.69 Å². The number of nitrogens with one attached hydrogen (secondary N) is 1. The van der Waals surface area contributed by atoms with Crippen molar-refractivity contribution in [2.45, 2.75) is 65.0 Å². The summed E-state index contributed by atoms with van der Waals surface area (Å²) in [6, 6.07) is 20.6. The van der Waals surface area contributed by atoms with Crippen LogP contribution >= 0.6 is 23.2 Å². The minimum Gasteiger partial charge on any atom is -0.354 e. The number of halogens is 2. The second kappa shape index (κ2) is 15.1. The highest BCUT2D eigenvalue weighted by atomic mass is 35.5. The Morgan fingerprint density at radius 2 is 1.60 bits per heavy atom. The minimum absolute atomic E-state index is 0.0197. The summed E-state index contributed by atoms with van der Waals surface area (Å²) in [6.45, 7) is 8.18. The maximum absolute atomic E-state index is 14.2. The third-order valence-corrected chi connectivity index (χ3v) is 8.88. The topological polar surface area (TPSA) is 86.8 Å². The minimum atomic E-state index is -3.86. The zero-order valence-electron chi connectivity index (χ0n) is 25.4. The molecule has 1 unspecified atom stereocenters. The van der Waals surface area contributed by atoms with Crippen LogP contribution in [-0.2, 0) is 38.0 Å². The van der Waals surface area contributed by atoms with Gasteiger partial charge in [0.1, 0.15) is 12.6 Å². The highest BCUT2D eigenvalue weighted by Crippen LogP contribution is 2.27. The standard InChI is InChI=1S/C33H41Cl2N3O4S/c1-6-7-19-36-32(40)30(20-24-11-9-8-10-12-24)37(22-25-13-16-27(34)21-29(25)35)31(39)23-38(43(5,41)42)28-17-14-26(15-18-28)33(2,3)4/h8-18,21,30H,6-7,19-20,22-23H2,1-5H3,(H,36,40). The summed E-state index contributed by atoms with van der Waals surface area (Å²) in [5.41, 5.74) is 2.70. The lowest BCUT2D eigenvalue weighted by Crippen LogP contribution is -2.53. The lowest BCUT2D eigenvalue weighted by molar-refractivity contribution is -0.140. The van der Waals surface area contributed by atoms with Gasteiger partial charge in [0.25, 0.3) is 0 Å². The lowest BCUT2D eigenvalue weighted by atomic mass is 9.87. The van der Waals surface area contributed by atoms with E-state index in [0.29, 0.717) is 27.8 Å². The number of anilines is 1. The number of unbranched alkanes of at least 4 members (excludes halogenated alkanes) is 1. The molecule has 232 valence electrons. The molecule has 1 N–H and O–H groups in total. The van der Waals surface area contributed by atoms with Gasteiger partial charge in [-0.2, -0.15) is 0 Å². The summed E-state index contributed by atoms with van der Waals surface area (Å²) >= 11 is 12.7. The molecule has 0 aromatic heterocycles. The lowest BCUT2D eigenvalue weighted by Gasteiger charge is -2.34. The molecule has 3 rings (SSSR count). The van der Waals surface area contributed by atoms with E-state index in [-0.39, 0.29) is 24.3 Å². The van der Waals surface area contributed by atoms with Crippen LogP contribution in [0.5, 0.6) is 0 Å². The molecular weight excluding hydrogens is 605 g/mol. The maximum Gasteiger partial charge on any atom is 0.244 e. The summed E-state index contributed by atoms with van der Waals surface area (Å²) in [7, 11) is -3.86. The number of carbonyl (C=O) groups excluding carboxylic acids is 2. The maximum atomic E-state index is 14.2. The van der Waals surface area contributed by atoms with E-state index in [2.05, 4.69) is 26.1 Å². The zero-order chi connectivity index (χ0) is 31.8. The van der Waals surface area contributed by atoms with Gasteiger partial charge in [0.05, 0.1) is 11.9 Å². The number of hydrogen-bond acceptors (Lipinski definition) is 4. The Bertz CT molecular complexity index is 1490. The van der Waals surface area contributed by atoms with Crippen LogP contribution in [0.15, 0.2) is 72.8 Å². The Hall–Kier alpha value is -3.07. The van der Waals surface area contributed by atoms with Crippen molar-refractivity contribution < 1.29 is 18.0 Å². The highest BCUT2D eigenvalue weighted by molar-refractivity contribution is 7.92. The molecule has 0 radical (unpaired) electrons. The predicted molar refractivity (Wildman–Crippen MR) is 176 cm³/mol. The van der Waals surface area contributed by atoms with Crippen LogP contribution in [0.3, 0.4) is 0 Å². The number of benzene rings is 3. The number of carbonyl (C=O) groups is 2. The molecule has 2 amide bonds. The molecule has 0 saturated heterocycles. The quantitative estimate of drug-likeness (QED) is 0.212. The van der Waals surface area contributed by atoms with Gasteiger partial charge in [0.15, 0.2) is 0 Å². The van der Waals surface area contributed by atoms with Crippen molar-refractivity contribution in [3.05, 3.63) is 99.5 Å². The van der Waals surface area contributed by atoms with Gasteiger partial charge < -0.3 is 10.2 Å². The molecule has 0 aliphatic heterocycles. The molecule has 3 aromatic carbocycles. The first-order valence-corrected chi connectivity index (χ1v) is 16.9. The molecule has 10 heteroatoms. The number of hydrogen-bond donors (Lipinski definition) is 1. The predicted octanol–water partition coefficient (Wildman–Crippen LogP) is 6.61. The number of nitrogens with zero attached hydrogens (tertiary/aromatic N) is 2. The molecule has 0 bridgehead atoms. The molecule has 1 atom stereocenters. The molecule has 0 aliphatic carbocycles. The zero-order valence-corrected chi connectivity index (χ0v) is 27.8. The second-order valence-corrected chi connectivity index (χ2v) is 14.4. The number of amides is 2. The molecule has 0 spiro atoms. The van der Waals surface area contributed by atoms with E-state index in [1.54, 1.807) is 30.3 Å². The third-order valence-electron chi connectivity index (χ3n) is 7.16. The van der Waals surface area contributed by atoms with Crippen molar-refractivity contribution in [2.75, 3.05) is 23.7 Å². The van der Waals surface area contributed by atoms with E-state index >= 15 is 0 Å². The number of sulfonamides is 1. The Morgan fingerprint density at radius 3 is 2.16 bits per heavy atom. The monoisotopic (exact) mass is 645 g/mol. The molecular formula is C33H41Cl2N3O4S. The van der Waals surface area contributed by atoms with E-state index in [1.165, 1.54) is 4.90 Å². The van der Waals surface area contributed by atoms with Crippen molar-refractivity contribution in [2.24, 2.45) is 0 Å². The van der Waals surface area contributed by atoms with Crippen molar-refractivity contribution in [1.82, 2.24) is 10.2 Å². The first kappa shape index (κ1) is 34.4. The largest absolute Gasteiger partial charge is 0.354 e. The van der Waals surface area contributed by atoms with Gasteiger partial charge in [-0.15, -0.1) is 0 Å². The molecule has 3 aromatic rings. The average Bonchev–Trinajstić information content (AvgIpc) is 2.94. The van der Waals surface area contributed by atoms with E-state index < -0.39 is 28.5 Å². The SMILES string of the molecule is CCCCNC(=O)C(Cc1ccccc1)N(Cc1ccc(Cl)cc1Cl)C(=O)CN(c1ccc(C(C)(C)C)cc1)S(C)(=O)=O. The van der Waals surface area contributed by atoms with Crippen LogP contribution in [0.1, 0.15) is 57.2 Å². The van der Waals surface area contributed by atoms with Gasteiger partial charge in [-0.05, 0) is 52.8 Å². The summed E-state index contributed by atoms with van der Waals surface area (Å²) in [6.07, 6.45) is 2.98. The van der Waals surface area contributed by atoms with Gasteiger partial charge >= 0.3 is 0 Å². The first-order chi connectivity index (χ1) is 20.2. The Kier molecular flexibility index (Phi) is 12.1. The summed E-state index contributed by atoms with van der Waals surface area (Å²) in [5.74, 6) is -0.862. The van der Waals surface area contributed by atoms with Gasteiger partial charge in [-0.1, -0.05) is 106 Å². The summed E-state index contributed by atoms with van der Waals surface area (Å²) < 4.78 is 27.1. The molecule has 0 saturated carbocycles. The van der Waals surface area contributed by atoms with Crippen molar-refractivity contribution in [3.63, 3.8) is 0 Å². The van der Waals surface area contributed by atoms with Crippen LogP contribution in [0, 0.1) is 0 Å². The Balaban J connectivity index is 2.06. The average molecular weight is 647 g/mol. The number of rotatable bonds is 13. The van der Waals surface area contributed by atoms with E-state index in [0.717, 1.165) is 34.5 Å². The fraction of sp³-hybridized carbons (Fsp3) is 0.394. The molecule has 43 heavy (non-hydrogen) atoms. The molecule has 7 nitrogen and oxygen atoms in total. The van der Waals surface area contributed by atoms with Crippen LogP contribution < -0.4 is 9.62 Å². The van der Waals surface area contributed by atoms with Gasteiger partial charge in [-0.25, -0.2) is 8.42 Å². The van der Waals surface area contributed by atoms with Crippen molar-refractivity contribution in [1.29, 1.82) is 0 Å². The fourth-order valence-electron chi connectivity index (χ4n) is 4.63. The summed E-state index contributed by atoms with van der Waals surface area (Å²) in [5, 5.41) is 3.74. The normalized spacial score (nSPS) is 12.4. The Morgan fingerprint density at radius 1 is 0.953 bits per heavy atom. The smallest absolute Gasteiger partial charge is 0.244 e. The molecule has 0 heterocycles. The second-order valence-electron chi connectivity index (χ2n) is 11.7. The summed E-state index contributed by atoms with van der Waals surface area (Å²) in [4.78, 5) is 29.3. The third kappa shape index (κ3) is 9.98. The van der Waals surface area contributed by atoms with Crippen LogP contribution in [-0.4, -0.2) is 50.5 Å².